The zero-order chi connectivity index (χ0) is 20.8. The third-order valence-electron chi connectivity index (χ3n) is 5.72. The van der Waals surface area contributed by atoms with E-state index in [1.54, 1.807) is 11.3 Å². The number of thiazole rings is 1. The van der Waals surface area contributed by atoms with Crippen LogP contribution in [0.2, 0.25) is 0 Å². The number of nitrogens with zero attached hydrogens (tertiary/aromatic N) is 6. The van der Waals surface area contributed by atoms with Crippen molar-refractivity contribution < 1.29 is 0 Å². The van der Waals surface area contributed by atoms with Crippen LogP contribution in [0.25, 0.3) is 0 Å². The van der Waals surface area contributed by atoms with Crippen molar-refractivity contribution >= 4 is 28.1 Å². The first kappa shape index (κ1) is 21.0. The lowest BCUT2D eigenvalue weighted by atomic mass is 10.1. The van der Waals surface area contributed by atoms with Crippen molar-refractivity contribution in [2.75, 3.05) is 49.1 Å². The van der Waals surface area contributed by atoms with Gasteiger partial charge in [0.25, 0.3) is 0 Å². The summed E-state index contributed by atoms with van der Waals surface area (Å²) in [6, 6.07) is 0.387. The molecule has 0 aliphatic carbocycles. The van der Waals surface area contributed by atoms with E-state index < -0.39 is 0 Å². The summed E-state index contributed by atoms with van der Waals surface area (Å²) < 4.78 is 1.87. The molecule has 1 unspecified atom stereocenters. The number of aryl methyl sites for hydroxylation is 1. The Hall–Kier alpha value is -2.29. The number of rotatable bonds is 7. The lowest BCUT2D eigenvalue weighted by Gasteiger charge is -2.34. The van der Waals surface area contributed by atoms with E-state index in [-0.39, 0.29) is 0 Å². The van der Waals surface area contributed by atoms with E-state index in [0.29, 0.717) is 6.04 Å². The van der Waals surface area contributed by atoms with E-state index in [1.807, 2.05) is 17.9 Å². The van der Waals surface area contributed by atoms with Gasteiger partial charge in [0.2, 0.25) is 0 Å². The molecule has 164 valence electrons. The first-order chi connectivity index (χ1) is 14.7. The molecular weight excluding hydrogens is 396 g/mol. The van der Waals surface area contributed by atoms with Gasteiger partial charge in [0.15, 0.2) is 11.1 Å². The van der Waals surface area contributed by atoms with Crippen LogP contribution in [0.4, 0.5) is 10.8 Å². The van der Waals surface area contributed by atoms with E-state index in [1.165, 1.54) is 30.1 Å². The molecule has 4 heterocycles. The van der Waals surface area contributed by atoms with Crippen LogP contribution in [-0.2, 0) is 13.5 Å². The van der Waals surface area contributed by atoms with Crippen LogP contribution < -0.4 is 20.4 Å². The van der Waals surface area contributed by atoms with Crippen LogP contribution in [0.5, 0.6) is 0 Å². The van der Waals surface area contributed by atoms with Gasteiger partial charge < -0.3 is 20.4 Å². The molecule has 4 rings (SSSR count). The largest absolute Gasteiger partial charge is 0.367 e. The number of nitrogens with one attached hydrogen (secondary N) is 2. The summed E-state index contributed by atoms with van der Waals surface area (Å²) in [5.74, 6) is 0.908. The Balaban J connectivity index is 1.30. The second kappa shape index (κ2) is 10.1. The molecule has 0 aromatic carbocycles. The molecule has 2 saturated heterocycles. The smallest absolute Gasteiger partial charge is 0.191 e. The van der Waals surface area contributed by atoms with Crippen molar-refractivity contribution in [3.05, 3.63) is 23.5 Å². The predicted octanol–water partition coefficient (Wildman–Crippen LogP) is 2.24. The Labute approximate surface area is 183 Å². The minimum atomic E-state index is 0.387. The molecular formula is C21H34N8S. The Bertz CT molecular complexity index is 823. The van der Waals surface area contributed by atoms with Crippen molar-refractivity contribution in [1.82, 2.24) is 25.4 Å². The summed E-state index contributed by atoms with van der Waals surface area (Å²) in [5, 5.41) is 14.7. The number of piperidine rings is 1. The molecule has 8 nitrogen and oxygen atoms in total. The maximum atomic E-state index is 4.82. The van der Waals surface area contributed by atoms with Gasteiger partial charge in [-0.25, -0.2) is 4.98 Å². The Morgan fingerprint density at radius 2 is 2.07 bits per heavy atom. The number of guanidine groups is 1. The number of hydrogen-bond acceptors (Lipinski definition) is 6. The summed E-state index contributed by atoms with van der Waals surface area (Å²) in [6.45, 7) is 8.08. The van der Waals surface area contributed by atoms with Crippen LogP contribution in [0.1, 0.15) is 38.3 Å². The van der Waals surface area contributed by atoms with Gasteiger partial charge in [-0.1, -0.05) is 0 Å². The molecule has 2 aliphatic rings. The highest BCUT2D eigenvalue weighted by atomic mass is 32.1. The molecule has 30 heavy (non-hydrogen) atoms. The third-order valence-corrected chi connectivity index (χ3v) is 6.67. The predicted molar refractivity (Wildman–Crippen MR) is 125 cm³/mol. The molecule has 2 aromatic rings. The Morgan fingerprint density at radius 1 is 1.23 bits per heavy atom. The summed E-state index contributed by atoms with van der Waals surface area (Å²) >= 11 is 1.77. The van der Waals surface area contributed by atoms with Gasteiger partial charge in [-0.2, -0.15) is 5.10 Å². The molecule has 2 aliphatic heterocycles. The van der Waals surface area contributed by atoms with E-state index >= 15 is 0 Å². The average molecular weight is 431 g/mol. The normalized spacial score (nSPS) is 20.1. The third kappa shape index (κ3) is 5.44. The van der Waals surface area contributed by atoms with Gasteiger partial charge in [0.1, 0.15) is 0 Å². The Morgan fingerprint density at radius 3 is 2.83 bits per heavy atom. The summed E-state index contributed by atoms with van der Waals surface area (Å²) in [7, 11) is 1.97. The molecule has 2 N–H and O–H groups in total. The standard InChI is InChI=1S/C21H34N8S/c1-3-22-20(23-9-8-18-16-30-21(26-18)28-10-4-5-11-28)25-17-7-6-12-29(14-17)19-13-24-27(2)15-19/h13,15-17H,3-12,14H2,1-2H3,(H2,22,23,25). The lowest BCUT2D eigenvalue weighted by molar-refractivity contribution is 0.468. The van der Waals surface area contributed by atoms with Crippen LogP contribution in [0, 0.1) is 0 Å². The number of anilines is 2. The topological polar surface area (TPSA) is 73.6 Å². The SMILES string of the molecule is CCNC(=NCCc1csc(N2CCCC2)n1)NC1CCCN(c2cnn(C)c2)C1. The molecule has 2 aromatic heterocycles. The zero-order valence-electron chi connectivity index (χ0n) is 18.2. The highest BCUT2D eigenvalue weighted by molar-refractivity contribution is 7.13. The fraction of sp³-hybridized carbons (Fsp3) is 0.667. The first-order valence-electron chi connectivity index (χ1n) is 11.2. The molecule has 0 spiro atoms. The Kier molecular flexibility index (Phi) is 7.09. The number of aromatic nitrogens is 3. The first-order valence-corrected chi connectivity index (χ1v) is 12.1. The van der Waals surface area contributed by atoms with Gasteiger partial charge in [-0.3, -0.25) is 9.67 Å². The van der Waals surface area contributed by atoms with E-state index in [0.717, 1.165) is 63.8 Å². The van der Waals surface area contributed by atoms with Crippen LogP contribution >= 0.6 is 11.3 Å². The van der Waals surface area contributed by atoms with Crippen LogP contribution in [-0.4, -0.2) is 66.0 Å². The quantitative estimate of drug-likeness (QED) is 0.518. The summed E-state index contributed by atoms with van der Waals surface area (Å²) in [5.41, 5.74) is 2.35. The van der Waals surface area contributed by atoms with Crippen molar-refractivity contribution in [2.24, 2.45) is 12.0 Å². The van der Waals surface area contributed by atoms with E-state index in [4.69, 9.17) is 9.98 Å². The van der Waals surface area contributed by atoms with Crippen molar-refractivity contribution in [3.8, 4) is 0 Å². The van der Waals surface area contributed by atoms with E-state index in [2.05, 4.69) is 44.0 Å². The molecule has 1 atom stereocenters. The van der Waals surface area contributed by atoms with Gasteiger partial charge in [-0.05, 0) is 32.6 Å². The number of hydrogen-bond donors (Lipinski definition) is 2. The average Bonchev–Trinajstić information content (AvgIpc) is 3.50. The molecule has 0 radical (unpaired) electrons. The fourth-order valence-corrected chi connectivity index (χ4v) is 5.08. The van der Waals surface area contributed by atoms with Gasteiger partial charge in [-0.15, -0.1) is 11.3 Å². The van der Waals surface area contributed by atoms with Gasteiger partial charge >= 0.3 is 0 Å². The monoisotopic (exact) mass is 430 g/mol. The van der Waals surface area contributed by atoms with Crippen LogP contribution in [0.15, 0.2) is 22.8 Å². The molecule has 0 amide bonds. The van der Waals surface area contributed by atoms with Crippen molar-refractivity contribution in [1.29, 1.82) is 0 Å². The molecule has 9 heteroatoms. The summed E-state index contributed by atoms with van der Waals surface area (Å²) in [6.07, 6.45) is 9.83. The summed E-state index contributed by atoms with van der Waals surface area (Å²) in [4.78, 5) is 14.5. The minimum Gasteiger partial charge on any atom is -0.367 e. The van der Waals surface area contributed by atoms with Crippen molar-refractivity contribution in [3.63, 3.8) is 0 Å². The molecule has 0 saturated carbocycles. The maximum Gasteiger partial charge on any atom is 0.191 e. The van der Waals surface area contributed by atoms with E-state index in [9.17, 15) is 0 Å². The maximum absolute atomic E-state index is 4.82. The number of aliphatic imine (C=N–C) groups is 1. The van der Waals surface area contributed by atoms with Gasteiger partial charge in [0.05, 0.1) is 17.6 Å². The lowest BCUT2D eigenvalue weighted by Crippen LogP contribution is -2.51. The van der Waals surface area contributed by atoms with Crippen LogP contribution in [0.3, 0.4) is 0 Å². The second-order valence-electron chi connectivity index (χ2n) is 8.13. The molecule has 0 bridgehead atoms. The minimum absolute atomic E-state index is 0.387. The van der Waals surface area contributed by atoms with Gasteiger partial charge in [0, 0.05) is 70.4 Å². The molecule has 2 fully saturated rings. The fourth-order valence-electron chi connectivity index (χ4n) is 4.16. The zero-order valence-corrected chi connectivity index (χ0v) is 19.0. The van der Waals surface area contributed by atoms with Crippen molar-refractivity contribution in [2.45, 2.75) is 45.1 Å². The highest BCUT2D eigenvalue weighted by Gasteiger charge is 2.22. The second-order valence-corrected chi connectivity index (χ2v) is 8.96. The highest BCUT2D eigenvalue weighted by Crippen LogP contribution is 2.24.